The average Bonchev–Trinajstić information content (AvgIpc) is 3.42. The summed E-state index contributed by atoms with van der Waals surface area (Å²) in [6.07, 6.45) is 2.34. The number of halogens is 2. The van der Waals surface area contributed by atoms with Gasteiger partial charge in [0.15, 0.2) is 0 Å². The maximum atomic E-state index is 11.8. The van der Waals surface area contributed by atoms with Gasteiger partial charge in [0.25, 0.3) is 0 Å². The van der Waals surface area contributed by atoms with Crippen LogP contribution in [0.3, 0.4) is 0 Å². The maximum Gasteiger partial charge on any atom is 0.234 e. The molecule has 1 unspecified atom stereocenters. The van der Waals surface area contributed by atoms with Crippen molar-refractivity contribution in [3.05, 3.63) is 69.7 Å². The van der Waals surface area contributed by atoms with Crippen molar-refractivity contribution in [2.24, 2.45) is 5.92 Å². The lowest BCUT2D eigenvalue weighted by atomic mass is 9.93. The van der Waals surface area contributed by atoms with E-state index in [4.69, 9.17) is 23.2 Å². The van der Waals surface area contributed by atoms with Gasteiger partial charge < -0.3 is 0 Å². The fraction of sp³-hybridized carbons (Fsp3) is 0.400. The maximum absolute atomic E-state index is 11.8. The highest BCUT2D eigenvalue weighted by Gasteiger charge is 2.41. The van der Waals surface area contributed by atoms with E-state index in [0.29, 0.717) is 22.5 Å². The molecule has 4 rings (SSSR count). The van der Waals surface area contributed by atoms with E-state index >= 15 is 0 Å². The van der Waals surface area contributed by atoms with Gasteiger partial charge in [0.1, 0.15) is 0 Å². The number of likely N-dealkylation sites (tertiary alicyclic amines) is 1. The predicted octanol–water partition coefficient (Wildman–Crippen LogP) is 4.62. The molecule has 1 heterocycles. The van der Waals surface area contributed by atoms with Gasteiger partial charge in [-0.15, -0.1) is 0 Å². The molecular formula is C20H22Cl2N2O2S. The first-order chi connectivity index (χ1) is 13.0. The molecule has 2 fully saturated rings. The molecule has 0 aromatic heterocycles. The Morgan fingerprint density at radius 1 is 1.00 bits per heavy atom. The van der Waals surface area contributed by atoms with Gasteiger partial charge in [0, 0.05) is 29.7 Å². The minimum absolute atomic E-state index is 0.0747. The van der Waals surface area contributed by atoms with E-state index in [-0.39, 0.29) is 12.1 Å². The Kier molecular flexibility index (Phi) is 5.88. The van der Waals surface area contributed by atoms with Crippen LogP contribution in [0.1, 0.15) is 30.0 Å². The Labute approximate surface area is 172 Å². The molecule has 7 heteroatoms. The zero-order chi connectivity index (χ0) is 19.0. The smallest absolute Gasteiger partial charge is 0.234 e. The minimum atomic E-state index is -1.91. The summed E-state index contributed by atoms with van der Waals surface area (Å²) < 4.78 is 23.2. The summed E-state index contributed by atoms with van der Waals surface area (Å²) in [7, 11) is 0. The Balaban J connectivity index is 1.54. The highest BCUT2D eigenvalue weighted by molar-refractivity contribution is 7.76. The molecule has 0 radical (unpaired) electrons. The highest BCUT2D eigenvalue weighted by Crippen LogP contribution is 2.37. The second kappa shape index (κ2) is 8.19. The molecule has 1 saturated heterocycles. The third kappa shape index (κ3) is 4.56. The standard InChI is InChI=1S/C20H22Cl2N2O2S/c21-17-7-3-15(4-8-17)20(16-5-9-18(22)10-6-16)23-12-19(13-23)24(27(25)26)11-14-1-2-14/h3-10,14,19-20H,1-2,11-13H2,(H,25,26). The molecule has 1 atom stereocenters. The van der Waals surface area contributed by atoms with Crippen molar-refractivity contribution in [2.75, 3.05) is 19.6 Å². The Morgan fingerprint density at radius 2 is 1.48 bits per heavy atom. The number of hydrogen-bond acceptors (Lipinski definition) is 2. The molecule has 0 amide bonds. The minimum Gasteiger partial charge on any atom is -0.294 e. The van der Waals surface area contributed by atoms with Gasteiger partial charge in [0.05, 0.1) is 12.1 Å². The summed E-state index contributed by atoms with van der Waals surface area (Å²) in [5.74, 6) is 0.582. The lowest BCUT2D eigenvalue weighted by Crippen LogP contribution is -2.60. The average molecular weight is 425 g/mol. The third-order valence-electron chi connectivity index (χ3n) is 5.37. The van der Waals surface area contributed by atoms with Gasteiger partial charge in [-0.2, -0.15) is 4.31 Å². The molecule has 1 N–H and O–H groups in total. The summed E-state index contributed by atoms with van der Waals surface area (Å²) in [5.41, 5.74) is 2.30. The van der Waals surface area contributed by atoms with Gasteiger partial charge in [-0.3, -0.25) is 9.45 Å². The molecule has 27 heavy (non-hydrogen) atoms. The van der Waals surface area contributed by atoms with Crippen molar-refractivity contribution in [1.29, 1.82) is 0 Å². The van der Waals surface area contributed by atoms with Gasteiger partial charge in [0.2, 0.25) is 11.3 Å². The lowest BCUT2D eigenvalue weighted by Gasteiger charge is -2.47. The summed E-state index contributed by atoms with van der Waals surface area (Å²) in [6, 6.07) is 16.0. The van der Waals surface area contributed by atoms with Crippen LogP contribution in [-0.4, -0.2) is 43.6 Å². The van der Waals surface area contributed by atoms with Gasteiger partial charge in [-0.25, -0.2) is 4.21 Å². The quantitative estimate of drug-likeness (QED) is 0.659. The molecule has 2 aromatic carbocycles. The highest BCUT2D eigenvalue weighted by atomic mass is 35.5. The fourth-order valence-electron chi connectivity index (χ4n) is 3.68. The van der Waals surface area contributed by atoms with Crippen molar-refractivity contribution in [3.8, 4) is 0 Å². The SMILES string of the molecule is O=S(O)N(CC1CC1)C1CN(C(c2ccc(Cl)cc2)c2ccc(Cl)cc2)C1. The zero-order valence-electron chi connectivity index (χ0n) is 14.8. The zero-order valence-corrected chi connectivity index (χ0v) is 17.1. The third-order valence-corrected chi connectivity index (χ3v) is 6.72. The largest absolute Gasteiger partial charge is 0.294 e. The topological polar surface area (TPSA) is 43.8 Å². The molecule has 2 aliphatic rings. The van der Waals surface area contributed by atoms with Crippen LogP contribution in [0.2, 0.25) is 10.0 Å². The molecule has 0 bridgehead atoms. The number of benzene rings is 2. The van der Waals surface area contributed by atoms with E-state index in [0.717, 1.165) is 24.2 Å². The molecule has 0 spiro atoms. The van der Waals surface area contributed by atoms with Crippen LogP contribution >= 0.6 is 23.2 Å². The summed E-state index contributed by atoms with van der Waals surface area (Å²) in [6.45, 7) is 2.23. The van der Waals surface area contributed by atoms with E-state index in [1.54, 1.807) is 4.31 Å². The number of hydrogen-bond donors (Lipinski definition) is 1. The summed E-state index contributed by atoms with van der Waals surface area (Å²) in [4.78, 5) is 2.34. The van der Waals surface area contributed by atoms with Crippen LogP contribution in [0, 0.1) is 5.92 Å². The van der Waals surface area contributed by atoms with E-state index in [1.165, 1.54) is 12.8 Å². The number of rotatable bonds is 7. The van der Waals surface area contributed by atoms with E-state index < -0.39 is 11.3 Å². The van der Waals surface area contributed by atoms with Crippen molar-refractivity contribution >= 4 is 34.5 Å². The van der Waals surface area contributed by atoms with Crippen molar-refractivity contribution in [2.45, 2.75) is 24.9 Å². The number of nitrogens with zero attached hydrogens (tertiary/aromatic N) is 2. The molecule has 1 saturated carbocycles. The summed E-state index contributed by atoms with van der Waals surface area (Å²) >= 11 is 10.2. The monoisotopic (exact) mass is 424 g/mol. The van der Waals surface area contributed by atoms with Crippen LogP contribution < -0.4 is 0 Å². The van der Waals surface area contributed by atoms with Crippen molar-refractivity contribution < 1.29 is 8.76 Å². The second-order valence-electron chi connectivity index (χ2n) is 7.39. The van der Waals surface area contributed by atoms with E-state index in [2.05, 4.69) is 4.90 Å². The Bertz CT molecular complexity index is 760. The first-order valence-corrected chi connectivity index (χ1v) is 11.0. The Hall–Kier alpha value is -0.950. The van der Waals surface area contributed by atoms with Crippen molar-refractivity contribution in [1.82, 2.24) is 9.21 Å². The normalized spacial score (nSPS) is 19.4. The molecule has 2 aromatic rings. The molecule has 4 nitrogen and oxygen atoms in total. The summed E-state index contributed by atoms with van der Waals surface area (Å²) in [5, 5.41) is 1.42. The second-order valence-corrected chi connectivity index (χ2v) is 9.19. The first-order valence-electron chi connectivity index (χ1n) is 9.14. The molecule has 1 aliphatic carbocycles. The molecular weight excluding hydrogens is 403 g/mol. The van der Waals surface area contributed by atoms with Gasteiger partial charge in [-0.1, -0.05) is 47.5 Å². The van der Waals surface area contributed by atoms with Gasteiger partial charge >= 0.3 is 0 Å². The molecule has 1 aliphatic heterocycles. The van der Waals surface area contributed by atoms with Crippen LogP contribution in [0.25, 0.3) is 0 Å². The van der Waals surface area contributed by atoms with Gasteiger partial charge in [-0.05, 0) is 54.2 Å². The van der Waals surface area contributed by atoms with Crippen LogP contribution in [-0.2, 0) is 11.3 Å². The van der Waals surface area contributed by atoms with E-state index in [9.17, 15) is 8.76 Å². The van der Waals surface area contributed by atoms with Crippen LogP contribution in [0.4, 0.5) is 0 Å². The fourth-order valence-corrected chi connectivity index (χ4v) is 4.66. The van der Waals surface area contributed by atoms with E-state index in [1.807, 2.05) is 48.5 Å². The predicted molar refractivity (Wildman–Crippen MR) is 110 cm³/mol. The van der Waals surface area contributed by atoms with Crippen LogP contribution in [0.5, 0.6) is 0 Å². The first kappa shape index (κ1) is 19.4. The molecule has 144 valence electrons. The van der Waals surface area contributed by atoms with Crippen LogP contribution in [0.15, 0.2) is 48.5 Å². The van der Waals surface area contributed by atoms with Crippen molar-refractivity contribution in [3.63, 3.8) is 0 Å². The lowest BCUT2D eigenvalue weighted by molar-refractivity contribution is 0.0509. The Morgan fingerprint density at radius 3 is 1.89 bits per heavy atom.